The number of para-hydroxylation sites is 2. The van der Waals surface area contributed by atoms with E-state index in [-0.39, 0.29) is 25.4 Å². The predicted octanol–water partition coefficient (Wildman–Crippen LogP) is 8.07. The number of aliphatic hydroxyl groups excluding tert-OH is 1. The number of aromatic nitrogens is 2. The van der Waals surface area contributed by atoms with Gasteiger partial charge in [0.15, 0.2) is 29.6 Å². The Hall–Kier alpha value is -5.43. The zero-order valence-electron chi connectivity index (χ0n) is 26.8. The van der Waals surface area contributed by atoms with Gasteiger partial charge in [-0.25, -0.2) is 26.9 Å². The third-order valence-corrected chi connectivity index (χ3v) is 8.93. The van der Waals surface area contributed by atoms with Crippen LogP contribution < -0.4 is 5.32 Å². The molecule has 12 heteroatoms. The highest BCUT2D eigenvalue weighted by Crippen LogP contribution is 2.39. The first kappa shape index (κ1) is 34.0. The molecule has 0 spiro atoms. The van der Waals surface area contributed by atoms with Gasteiger partial charge in [0.05, 0.1) is 42.7 Å². The van der Waals surface area contributed by atoms with Crippen LogP contribution in [-0.2, 0) is 29.2 Å². The fourth-order valence-electron chi connectivity index (χ4n) is 6.25. The molecule has 0 aliphatic carbocycles. The van der Waals surface area contributed by atoms with Crippen molar-refractivity contribution in [2.75, 3.05) is 0 Å². The van der Waals surface area contributed by atoms with E-state index in [9.17, 15) is 31.9 Å². The lowest BCUT2D eigenvalue weighted by Crippen LogP contribution is -2.32. The van der Waals surface area contributed by atoms with Gasteiger partial charge in [-0.15, -0.1) is 0 Å². The number of aliphatic hydroxyl groups is 1. The third kappa shape index (κ3) is 6.85. The van der Waals surface area contributed by atoms with Crippen molar-refractivity contribution >= 4 is 16.9 Å². The summed E-state index contributed by atoms with van der Waals surface area (Å²) in [5.41, 5.74) is 4.72. The predicted molar refractivity (Wildman–Crippen MR) is 177 cm³/mol. The van der Waals surface area contributed by atoms with E-state index in [4.69, 9.17) is 9.47 Å². The summed E-state index contributed by atoms with van der Waals surface area (Å²) < 4.78 is 84.4. The molecule has 51 heavy (non-hydrogen) atoms. The Morgan fingerprint density at radius 3 is 2.16 bits per heavy atom. The average Bonchev–Trinajstić information content (AvgIpc) is 3.58. The van der Waals surface area contributed by atoms with Gasteiger partial charge in [-0.05, 0) is 39.9 Å². The van der Waals surface area contributed by atoms with Gasteiger partial charge >= 0.3 is 0 Å². The van der Waals surface area contributed by atoms with Crippen LogP contribution in [0.3, 0.4) is 0 Å². The van der Waals surface area contributed by atoms with Crippen LogP contribution in [0.25, 0.3) is 22.2 Å². The fourth-order valence-corrected chi connectivity index (χ4v) is 6.25. The first-order valence-electron chi connectivity index (χ1n) is 16.1. The van der Waals surface area contributed by atoms with Crippen molar-refractivity contribution in [1.82, 2.24) is 14.9 Å². The number of amides is 1. The van der Waals surface area contributed by atoms with E-state index >= 15 is 0 Å². The smallest absolute Gasteiger partial charge is 0.257 e. The van der Waals surface area contributed by atoms with Crippen molar-refractivity contribution in [3.63, 3.8) is 0 Å². The average molecular weight is 700 g/mol. The number of rotatable bonds is 9. The summed E-state index contributed by atoms with van der Waals surface area (Å²) in [6.07, 6.45) is 1.08. The second kappa shape index (κ2) is 14.4. The molecular formula is C39H30F5N3O4. The van der Waals surface area contributed by atoms with Crippen LogP contribution in [0.15, 0.2) is 103 Å². The lowest BCUT2D eigenvalue weighted by Gasteiger charge is -2.36. The third-order valence-electron chi connectivity index (χ3n) is 8.93. The Kier molecular flexibility index (Phi) is 9.63. The van der Waals surface area contributed by atoms with Crippen LogP contribution in [0.1, 0.15) is 51.4 Å². The van der Waals surface area contributed by atoms with E-state index in [1.807, 2.05) is 72.8 Å². The highest BCUT2D eigenvalue weighted by atomic mass is 19.2. The molecule has 6 aromatic rings. The van der Waals surface area contributed by atoms with Gasteiger partial charge in [-0.1, -0.05) is 84.9 Å². The largest absolute Gasteiger partial charge is 0.392 e. The summed E-state index contributed by atoms with van der Waals surface area (Å²) in [6.45, 7) is 0.210. The summed E-state index contributed by atoms with van der Waals surface area (Å²) in [5, 5.41) is 11.8. The molecule has 2 heterocycles. The molecule has 0 radical (unpaired) electrons. The van der Waals surface area contributed by atoms with Crippen molar-refractivity contribution in [3.05, 3.63) is 160 Å². The molecular weight excluding hydrogens is 669 g/mol. The molecule has 260 valence electrons. The molecule has 0 saturated carbocycles. The van der Waals surface area contributed by atoms with Crippen LogP contribution in [0, 0.1) is 29.1 Å². The van der Waals surface area contributed by atoms with Crippen LogP contribution >= 0.6 is 0 Å². The van der Waals surface area contributed by atoms with Crippen LogP contribution in [-0.4, -0.2) is 26.7 Å². The maximum absolute atomic E-state index is 14.2. The highest BCUT2D eigenvalue weighted by molar-refractivity contribution is 5.95. The van der Waals surface area contributed by atoms with Gasteiger partial charge < -0.3 is 24.5 Å². The summed E-state index contributed by atoms with van der Waals surface area (Å²) >= 11 is 0. The Bertz CT molecular complexity index is 2180. The first-order valence-corrected chi connectivity index (χ1v) is 16.1. The molecule has 1 saturated heterocycles. The Morgan fingerprint density at radius 2 is 1.43 bits per heavy atom. The molecule has 1 aliphatic rings. The molecule has 1 fully saturated rings. The minimum Gasteiger partial charge on any atom is -0.392 e. The van der Waals surface area contributed by atoms with E-state index < -0.39 is 46.8 Å². The highest BCUT2D eigenvalue weighted by Gasteiger charge is 2.33. The molecule has 7 nitrogen and oxygen atoms in total. The molecule has 5 aromatic carbocycles. The quantitative estimate of drug-likeness (QED) is 0.0907. The van der Waals surface area contributed by atoms with Crippen molar-refractivity contribution < 1.29 is 41.3 Å². The van der Waals surface area contributed by atoms with E-state index in [0.717, 1.165) is 33.3 Å². The molecule has 3 atom stereocenters. The van der Waals surface area contributed by atoms with Crippen molar-refractivity contribution in [1.29, 1.82) is 0 Å². The van der Waals surface area contributed by atoms with Gasteiger partial charge in [0.2, 0.25) is 5.82 Å². The van der Waals surface area contributed by atoms with Crippen LogP contribution in [0.5, 0.6) is 0 Å². The fraction of sp³-hybridized carbons (Fsp3) is 0.179. The minimum atomic E-state index is -2.34. The van der Waals surface area contributed by atoms with Crippen molar-refractivity contribution in [3.8, 4) is 11.1 Å². The van der Waals surface area contributed by atoms with E-state index in [0.29, 0.717) is 24.1 Å². The topological polar surface area (TPSA) is 85.6 Å². The molecule has 7 rings (SSSR count). The second-order valence-electron chi connectivity index (χ2n) is 12.1. The number of benzene rings is 5. The van der Waals surface area contributed by atoms with E-state index in [1.165, 1.54) is 0 Å². The summed E-state index contributed by atoms with van der Waals surface area (Å²) in [5.74, 6) is -12.6. The van der Waals surface area contributed by atoms with Crippen LogP contribution in [0.4, 0.5) is 22.0 Å². The van der Waals surface area contributed by atoms with Gasteiger partial charge in [0.25, 0.3) is 5.91 Å². The number of nitrogens with one attached hydrogen (secondary N) is 1. The summed E-state index contributed by atoms with van der Waals surface area (Å²) in [4.78, 5) is 17.1. The number of hydrogen-bond donors (Lipinski definition) is 2. The number of halogens is 5. The van der Waals surface area contributed by atoms with E-state index in [2.05, 4.69) is 14.9 Å². The maximum Gasteiger partial charge on any atom is 0.257 e. The molecule has 0 unspecified atom stereocenters. The zero-order valence-corrected chi connectivity index (χ0v) is 26.8. The van der Waals surface area contributed by atoms with Gasteiger partial charge in [-0.2, -0.15) is 0 Å². The first-order chi connectivity index (χ1) is 24.7. The van der Waals surface area contributed by atoms with Gasteiger partial charge in [0, 0.05) is 18.5 Å². The zero-order chi connectivity index (χ0) is 35.6. The number of fused-ring (bicyclic) bond motifs is 1. The molecule has 0 bridgehead atoms. The second-order valence-corrected chi connectivity index (χ2v) is 12.1. The lowest BCUT2D eigenvalue weighted by molar-refractivity contribution is -0.252. The molecule has 1 amide bonds. The number of ether oxygens (including phenoxy) is 2. The number of carbonyl (C=O) groups excluding carboxylic acids is 1. The van der Waals surface area contributed by atoms with Crippen molar-refractivity contribution in [2.45, 2.75) is 44.6 Å². The number of nitrogens with zero attached hydrogens (tertiary/aromatic N) is 2. The molecule has 1 aromatic heterocycles. The molecule has 2 N–H and O–H groups in total. The Morgan fingerprint density at radius 1 is 0.784 bits per heavy atom. The Balaban J connectivity index is 1.12. The number of imidazole rings is 1. The Labute approximate surface area is 288 Å². The van der Waals surface area contributed by atoms with Crippen molar-refractivity contribution in [2.24, 2.45) is 0 Å². The number of carbonyl (C=O) groups is 1. The SMILES string of the molecule is O=C(NCc1ccccc1-c1ccc([C@H]2O[C@@H](Cn3cnc4ccccc43)C[C@@H](c3ccc(CO)cc3)O2)cc1)c1c(F)c(F)c(F)c(F)c1F. The normalized spacial score (nSPS) is 17.5. The number of hydrogen-bond acceptors (Lipinski definition) is 5. The minimum absolute atomic E-state index is 0.0684. The maximum atomic E-state index is 14.2. The lowest BCUT2D eigenvalue weighted by atomic mass is 9.97. The monoisotopic (exact) mass is 699 g/mol. The van der Waals surface area contributed by atoms with Gasteiger partial charge in [0.1, 0.15) is 5.56 Å². The van der Waals surface area contributed by atoms with E-state index in [1.54, 1.807) is 30.6 Å². The van der Waals surface area contributed by atoms with Crippen LogP contribution in [0.2, 0.25) is 0 Å². The standard InChI is InChI=1S/C39H30F5N3O4/c40-33-32(34(41)36(43)37(44)35(33)42)38(49)45-18-26-5-1-2-6-28(26)23-13-15-25(16-14-23)39-50-27(19-47-21-46-29-7-3-4-8-30(29)47)17-31(51-39)24-11-9-22(20-48)10-12-24/h1-16,21,27,31,39,48H,17-20H2,(H,45,49)/t27-,31+,39+/m1/s1. The molecule has 1 aliphatic heterocycles. The van der Waals surface area contributed by atoms with Gasteiger partial charge in [-0.3, -0.25) is 4.79 Å². The summed E-state index contributed by atoms with van der Waals surface area (Å²) in [7, 11) is 0. The summed E-state index contributed by atoms with van der Waals surface area (Å²) in [6, 6.07) is 29.7.